The van der Waals surface area contributed by atoms with Crippen LogP contribution in [0.5, 0.6) is 0 Å². The van der Waals surface area contributed by atoms with Crippen molar-refractivity contribution < 1.29 is 19.0 Å². The van der Waals surface area contributed by atoms with Crippen molar-refractivity contribution in [3.8, 4) is 0 Å². The van der Waals surface area contributed by atoms with Gasteiger partial charge in [-0.15, -0.1) is 0 Å². The Hall–Kier alpha value is -3.30. The van der Waals surface area contributed by atoms with Crippen LogP contribution in [0.1, 0.15) is 40.5 Å². The van der Waals surface area contributed by atoms with Crippen LogP contribution in [0.25, 0.3) is 0 Å². The van der Waals surface area contributed by atoms with E-state index in [1.54, 1.807) is 24.8 Å². The van der Waals surface area contributed by atoms with E-state index >= 15 is 0 Å². The molecule has 1 aliphatic rings. The largest absolute Gasteiger partial charge is 0.347 e. The van der Waals surface area contributed by atoms with Gasteiger partial charge < -0.3 is 14.7 Å². The maximum Gasteiger partial charge on any atom is 0.273 e. The lowest BCUT2D eigenvalue weighted by molar-refractivity contribution is -0.385. The van der Waals surface area contributed by atoms with Crippen molar-refractivity contribution in [1.82, 2.24) is 20.4 Å². The Morgan fingerprint density at radius 3 is 2.64 bits per heavy atom. The average molecular weight is 387 g/mol. The van der Waals surface area contributed by atoms with Crippen LogP contribution in [-0.4, -0.2) is 44.9 Å². The third kappa shape index (κ3) is 4.16. The van der Waals surface area contributed by atoms with Crippen LogP contribution in [0.15, 0.2) is 22.7 Å². The predicted octanol–water partition coefficient (Wildman–Crippen LogP) is 1.76. The highest BCUT2D eigenvalue weighted by molar-refractivity contribution is 5.96. The summed E-state index contributed by atoms with van der Waals surface area (Å²) in [5.41, 5.74) is 0.604. The molecule has 3 rings (SSSR count). The molecule has 0 bridgehead atoms. The maximum atomic E-state index is 12.8. The first-order chi connectivity index (χ1) is 13.4. The molecule has 0 radical (unpaired) electrons. The highest BCUT2D eigenvalue weighted by atomic mass is 16.6. The van der Waals surface area contributed by atoms with Crippen LogP contribution in [0, 0.1) is 29.9 Å². The molecule has 1 saturated heterocycles. The number of nitro benzene ring substituents is 1. The molecule has 0 aliphatic carbocycles. The third-order valence-electron chi connectivity index (χ3n) is 4.87. The standard InChI is InChI=1S/C18H21N5O5/c1-11-14(4-3-5-15(11)23(26)27)18(25)22-8-6-13(7-9-22)17(24)19-10-16-20-12(2)21-28-16/h3-5,13H,6-10H2,1-2H3,(H,19,24). The highest BCUT2D eigenvalue weighted by Crippen LogP contribution is 2.25. The number of aryl methyl sites for hydroxylation is 1. The Morgan fingerprint density at radius 1 is 1.32 bits per heavy atom. The van der Waals surface area contributed by atoms with E-state index < -0.39 is 4.92 Å². The van der Waals surface area contributed by atoms with Gasteiger partial charge in [0.2, 0.25) is 11.8 Å². The van der Waals surface area contributed by atoms with Gasteiger partial charge in [-0.2, -0.15) is 4.98 Å². The van der Waals surface area contributed by atoms with Gasteiger partial charge in [0, 0.05) is 36.2 Å². The Kier molecular flexibility index (Phi) is 5.67. The van der Waals surface area contributed by atoms with Crippen molar-refractivity contribution in [2.45, 2.75) is 33.2 Å². The molecule has 28 heavy (non-hydrogen) atoms. The van der Waals surface area contributed by atoms with Gasteiger partial charge >= 0.3 is 0 Å². The summed E-state index contributed by atoms with van der Waals surface area (Å²) in [6.07, 6.45) is 1.04. The lowest BCUT2D eigenvalue weighted by atomic mass is 9.95. The molecule has 10 heteroatoms. The Morgan fingerprint density at radius 2 is 2.04 bits per heavy atom. The van der Waals surface area contributed by atoms with Gasteiger partial charge in [0.15, 0.2) is 5.82 Å². The molecule has 0 saturated carbocycles. The van der Waals surface area contributed by atoms with Gasteiger partial charge in [0.1, 0.15) is 0 Å². The van der Waals surface area contributed by atoms with Gasteiger partial charge in [-0.1, -0.05) is 11.2 Å². The topological polar surface area (TPSA) is 131 Å². The summed E-state index contributed by atoms with van der Waals surface area (Å²) in [6, 6.07) is 4.49. The molecule has 2 heterocycles. The van der Waals surface area contributed by atoms with Crippen LogP contribution in [0.3, 0.4) is 0 Å². The Labute approximate surface area is 161 Å². The Bertz CT molecular complexity index is 902. The van der Waals surface area contributed by atoms with E-state index in [9.17, 15) is 19.7 Å². The minimum Gasteiger partial charge on any atom is -0.347 e. The van der Waals surface area contributed by atoms with Crippen LogP contribution in [-0.2, 0) is 11.3 Å². The van der Waals surface area contributed by atoms with Crippen molar-refractivity contribution in [1.29, 1.82) is 0 Å². The van der Waals surface area contributed by atoms with Gasteiger partial charge in [0.05, 0.1) is 11.5 Å². The van der Waals surface area contributed by atoms with Crippen molar-refractivity contribution >= 4 is 17.5 Å². The van der Waals surface area contributed by atoms with Crippen molar-refractivity contribution in [2.75, 3.05) is 13.1 Å². The number of amides is 2. The number of hydrogen-bond acceptors (Lipinski definition) is 7. The number of rotatable bonds is 5. The fraction of sp³-hybridized carbons (Fsp3) is 0.444. The molecule has 0 spiro atoms. The average Bonchev–Trinajstić information content (AvgIpc) is 3.11. The molecular formula is C18H21N5O5. The monoisotopic (exact) mass is 387 g/mol. The van der Waals surface area contributed by atoms with Gasteiger partial charge in [-0.25, -0.2) is 0 Å². The fourth-order valence-electron chi connectivity index (χ4n) is 3.29. The number of nitro groups is 1. The summed E-state index contributed by atoms with van der Waals surface area (Å²) in [5.74, 6) is 0.280. The first kappa shape index (κ1) is 19.5. The third-order valence-corrected chi connectivity index (χ3v) is 4.87. The lowest BCUT2D eigenvalue weighted by Crippen LogP contribution is -2.43. The van der Waals surface area contributed by atoms with Crippen LogP contribution >= 0.6 is 0 Å². The van der Waals surface area contributed by atoms with Gasteiger partial charge in [0.25, 0.3) is 11.6 Å². The summed E-state index contributed by atoms with van der Waals surface area (Å²) in [5, 5.41) is 17.5. The number of aromatic nitrogens is 2. The van der Waals surface area contributed by atoms with Crippen LogP contribution < -0.4 is 5.32 Å². The number of nitrogens with zero attached hydrogens (tertiary/aromatic N) is 4. The molecule has 2 amide bonds. The predicted molar refractivity (Wildman–Crippen MR) is 97.3 cm³/mol. The highest BCUT2D eigenvalue weighted by Gasteiger charge is 2.29. The van der Waals surface area contributed by atoms with Crippen LogP contribution in [0.4, 0.5) is 5.69 Å². The first-order valence-corrected chi connectivity index (χ1v) is 8.97. The minimum absolute atomic E-state index is 0.0728. The number of benzene rings is 1. The molecule has 1 aromatic heterocycles. The molecule has 1 aliphatic heterocycles. The summed E-state index contributed by atoms with van der Waals surface area (Å²) in [6.45, 7) is 4.28. The molecule has 2 aromatic rings. The number of carbonyl (C=O) groups excluding carboxylic acids is 2. The van der Waals surface area contributed by atoms with Gasteiger partial charge in [-0.3, -0.25) is 19.7 Å². The summed E-state index contributed by atoms with van der Waals surface area (Å²) < 4.78 is 4.96. The van der Waals surface area contributed by atoms with Crippen LogP contribution in [0.2, 0.25) is 0 Å². The zero-order chi connectivity index (χ0) is 20.3. The first-order valence-electron chi connectivity index (χ1n) is 8.97. The molecule has 148 valence electrons. The van der Waals surface area contributed by atoms with E-state index in [0.717, 1.165) is 0 Å². The summed E-state index contributed by atoms with van der Waals surface area (Å²) in [7, 11) is 0. The second kappa shape index (κ2) is 8.15. The number of nitrogens with one attached hydrogen (secondary N) is 1. The van der Waals surface area contributed by atoms with E-state index in [2.05, 4.69) is 15.5 Å². The normalized spacial score (nSPS) is 14.7. The molecule has 1 N–H and O–H groups in total. The lowest BCUT2D eigenvalue weighted by Gasteiger charge is -2.31. The number of hydrogen-bond donors (Lipinski definition) is 1. The molecule has 1 fully saturated rings. The quantitative estimate of drug-likeness (QED) is 0.611. The van der Waals surface area contributed by atoms with Crippen molar-refractivity contribution in [3.05, 3.63) is 51.2 Å². The SMILES string of the molecule is Cc1noc(CNC(=O)C2CCN(C(=O)c3cccc([N+](=O)[O-])c3C)CC2)n1. The molecule has 10 nitrogen and oxygen atoms in total. The second-order valence-electron chi connectivity index (χ2n) is 6.73. The van der Waals surface area contributed by atoms with E-state index in [4.69, 9.17) is 4.52 Å². The van der Waals surface area contributed by atoms with Gasteiger partial charge in [-0.05, 0) is 32.8 Å². The fourth-order valence-corrected chi connectivity index (χ4v) is 3.29. The Balaban J connectivity index is 1.56. The number of carbonyl (C=O) groups is 2. The molecule has 0 atom stereocenters. The smallest absolute Gasteiger partial charge is 0.273 e. The molecule has 0 unspecified atom stereocenters. The number of piperidine rings is 1. The number of likely N-dealkylation sites (tertiary alicyclic amines) is 1. The molecule has 1 aromatic carbocycles. The summed E-state index contributed by atoms with van der Waals surface area (Å²) in [4.78, 5) is 41.3. The van der Waals surface area contributed by atoms with E-state index in [0.29, 0.717) is 48.8 Å². The van der Waals surface area contributed by atoms with Crippen molar-refractivity contribution in [3.63, 3.8) is 0 Å². The zero-order valence-corrected chi connectivity index (χ0v) is 15.7. The molecular weight excluding hydrogens is 366 g/mol. The second-order valence-corrected chi connectivity index (χ2v) is 6.73. The summed E-state index contributed by atoms with van der Waals surface area (Å²) >= 11 is 0. The van der Waals surface area contributed by atoms with E-state index in [1.807, 2.05) is 0 Å². The van der Waals surface area contributed by atoms with E-state index in [1.165, 1.54) is 12.1 Å². The van der Waals surface area contributed by atoms with E-state index in [-0.39, 0.29) is 30.0 Å². The zero-order valence-electron chi connectivity index (χ0n) is 15.7. The minimum atomic E-state index is -0.492. The van der Waals surface area contributed by atoms with Crippen molar-refractivity contribution in [2.24, 2.45) is 5.92 Å². The maximum absolute atomic E-state index is 12.8.